The van der Waals surface area contributed by atoms with Gasteiger partial charge in [-0.2, -0.15) is 11.8 Å². The number of carbonyl (C=O) groups excluding carboxylic acids is 2. The van der Waals surface area contributed by atoms with Crippen LogP contribution in [0.5, 0.6) is 0 Å². The molecule has 8 heteroatoms. The zero-order chi connectivity index (χ0) is 16.5. The van der Waals surface area contributed by atoms with E-state index in [0.717, 1.165) is 0 Å². The molecule has 2 amide bonds. The molecule has 0 saturated carbocycles. The summed E-state index contributed by atoms with van der Waals surface area (Å²) >= 11 is 13.4. The fraction of sp³-hybridized carbons (Fsp3) is 0.429. The molecule has 3 N–H and O–H groups in total. The van der Waals surface area contributed by atoms with Crippen LogP contribution in [0.3, 0.4) is 0 Å². The summed E-state index contributed by atoms with van der Waals surface area (Å²) in [4.78, 5) is 24.3. The van der Waals surface area contributed by atoms with Crippen molar-refractivity contribution in [1.29, 1.82) is 0 Å². The van der Waals surface area contributed by atoms with Crippen molar-refractivity contribution in [3.8, 4) is 0 Å². The Morgan fingerprint density at radius 3 is 2.68 bits per heavy atom. The third-order valence-electron chi connectivity index (χ3n) is 2.82. The Morgan fingerprint density at radius 1 is 1.36 bits per heavy atom. The van der Waals surface area contributed by atoms with E-state index >= 15 is 0 Å². The highest BCUT2D eigenvalue weighted by Crippen LogP contribution is 2.21. The van der Waals surface area contributed by atoms with Crippen molar-refractivity contribution in [2.75, 3.05) is 25.2 Å². The van der Waals surface area contributed by atoms with Gasteiger partial charge in [0.25, 0.3) is 5.91 Å². The second-order valence-electron chi connectivity index (χ2n) is 4.45. The number of aliphatic hydroxyl groups is 1. The first-order valence-corrected chi connectivity index (χ1v) is 8.78. The average molecular weight is 365 g/mol. The maximum atomic E-state index is 12.3. The Morgan fingerprint density at radius 2 is 2.09 bits per heavy atom. The van der Waals surface area contributed by atoms with E-state index < -0.39 is 11.9 Å². The van der Waals surface area contributed by atoms with Gasteiger partial charge in [-0.15, -0.1) is 0 Å². The van der Waals surface area contributed by atoms with Crippen LogP contribution >= 0.6 is 35.0 Å². The summed E-state index contributed by atoms with van der Waals surface area (Å²) in [5, 5.41) is 14.6. The minimum Gasteiger partial charge on any atom is -0.395 e. The van der Waals surface area contributed by atoms with E-state index in [9.17, 15) is 9.59 Å². The average Bonchev–Trinajstić information content (AvgIpc) is 2.48. The van der Waals surface area contributed by atoms with Crippen LogP contribution in [0.25, 0.3) is 0 Å². The van der Waals surface area contributed by atoms with Crippen molar-refractivity contribution in [1.82, 2.24) is 10.6 Å². The third-order valence-corrected chi connectivity index (χ3v) is 4.01. The van der Waals surface area contributed by atoms with E-state index in [4.69, 9.17) is 28.3 Å². The maximum absolute atomic E-state index is 12.3. The lowest BCUT2D eigenvalue weighted by molar-refractivity contribution is -0.123. The Balaban J connectivity index is 2.78. The summed E-state index contributed by atoms with van der Waals surface area (Å²) < 4.78 is 0. The molecule has 0 fully saturated rings. The molecular weight excluding hydrogens is 347 g/mol. The maximum Gasteiger partial charge on any atom is 0.253 e. The van der Waals surface area contributed by atoms with E-state index in [2.05, 4.69) is 10.6 Å². The highest BCUT2D eigenvalue weighted by Gasteiger charge is 2.21. The first kappa shape index (κ1) is 19.1. The van der Waals surface area contributed by atoms with Crippen LogP contribution in [0.1, 0.15) is 16.8 Å². The molecule has 0 aliphatic carbocycles. The number of benzene rings is 1. The van der Waals surface area contributed by atoms with Crippen LogP contribution in [0, 0.1) is 0 Å². The second-order valence-corrected chi connectivity index (χ2v) is 6.28. The molecule has 5 nitrogen and oxygen atoms in total. The molecule has 1 atom stereocenters. The van der Waals surface area contributed by atoms with E-state index in [1.807, 2.05) is 6.26 Å². The molecule has 122 valence electrons. The molecule has 1 aromatic rings. The van der Waals surface area contributed by atoms with E-state index in [1.54, 1.807) is 17.8 Å². The van der Waals surface area contributed by atoms with Gasteiger partial charge < -0.3 is 15.7 Å². The second kappa shape index (κ2) is 9.94. The number of hydrogen-bond acceptors (Lipinski definition) is 4. The van der Waals surface area contributed by atoms with Crippen LogP contribution in [-0.4, -0.2) is 48.1 Å². The molecule has 1 aromatic carbocycles. The first-order valence-electron chi connectivity index (χ1n) is 6.63. The molecule has 0 bridgehead atoms. The number of thioether (sulfide) groups is 1. The lowest BCUT2D eigenvalue weighted by Gasteiger charge is -2.18. The molecule has 0 saturated heterocycles. The van der Waals surface area contributed by atoms with Gasteiger partial charge in [0, 0.05) is 11.6 Å². The highest BCUT2D eigenvalue weighted by molar-refractivity contribution is 7.98. The summed E-state index contributed by atoms with van der Waals surface area (Å²) in [7, 11) is 0. The van der Waals surface area contributed by atoms with Crippen LogP contribution in [0.4, 0.5) is 0 Å². The van der Waals surface area contributed by atoms with Gasteiger partial charge >= 0.3 is 0 Å². The van der Waals surface area contributed by atoms with Gasteiger partial charge in [-0.1, -0.05) is 23.2 Å². The van der Waals surface area contributed by atoms with Crippen molar-refractivity contribution in [2.24, 2.45) is 0 Å². The van der Waals surface area contributed by atoms with Gasteiger partial charge in [-0.3, -0.25) is 9.59 Å². The van der Waals surface area contributed by atoms with Crippen molar-refractivity contribution >= 4 is 46.8 Å². The number of amides is 2. The zero-order valence-electron chi connectivity index (χ0n) is 12.1. The number of aliphatic hydroxyl groups excluding tert-OH is 1. The number of hydrogen-bond donors (Lipinski definition) is 3. The fourth-order valence-electron chi connectivity index (χ4n) is 1.72. The lowest BCUT2D eigenvalue weighted by Crippen LogP contribution is -2.47. The Labute approximate surface area is 143 Å². The summed E-state index contributed by atoms with van der Waals surface area (Å²) in [6, 6.07) is 3.86. The first-order chi connectivity index (χ1) is 10.5. The molecule has 0 aromatic heterocycles. The summed E-state index contributed by atoms with van der Waals surface area (Å²) in [6.45, 7) is -0.00980. The van der Waals surface area contributed by atoms with Crippen LogP contribution in [0.2, 0.25) is 10.0 Å². The quantitative estimate of drug-likeness (QED) is 0.658. The van der Waals surface area contributed by atoms with E-state index in [-0.39, 0.29) is 29.6 Å². The number of nitrogens with one attached hydrogen (secondary N) is 2. The van der Waals surface area contributed by atoms with Gasteiger partial charge in [0.15, 0.2) is 0 Å². The van der Waals surface area contributed by atoms with Crippen molar-refractivity contribution in [2.45, 2.75) is 12.5 Å². The standard InChI is InChI=1S/C14H18Cl2N2O3S/c1-22-7-4-12(14(21)17-5-6-19)18-13(20)10-3-2-9(15)8-11(10)16/h2-3,8,12,19H,4-7H2,1H3,(H,17,21)(H,18,20). The van der Waals surface area contributed by atoms with Crippen molar-refractivity contribution < 1.29 is 14.7 Å². The van der Waals surface area contributed by atoms with E-state index in [0.29, 0.717) is 17.2 Å². The predicted octanol–water partition coefficient (Wildman–Crippen LogP) is 1.95. The molecule has 0 aliphatic heterocycles. The molecule has 0 spiro atoms. The minimum absolute atomic E-state index is 0.145. The topological polar surface area (TPSA) is 78.4 Å². The van der Waals surface area contributed by atoms with Gasteiger partial charge in [0.05, 0.1) is 17.2 Å². The molecular formula is C14H18Cl2N2O3S. The number of halogens is 2. The van der Waals surface area contributed by atoms with E-state index in [1.165, 1.54) is 12.1 Å². The predicted molar refractivity (Wildman–Crippen MR) is 90.8 cm³/mol. The summed E-state index contributed by atoms with van der Waals surface area (Å²) in [6.07, 6.45) is 2.40. The summed E-state index contributed by atoms with van der Waals surface area (Å²) in [5.41, 5.74) is 0.259. The molecule has 0 aliphatic rings. The van der Waals surface area contributed by atoms with Gasteiger partial charge in [0.2, 0.25) is 5.91 Å². The normalized spacial score (nSPS) is 11.8. The van der Waals surface area contributed by atoms with Gasteiger partial charge in [-0.05, 0) is 36.6 Å². The Kier molecular flexibility index (Phi) is 8.63. The summed E-state index contributed by atoms with van der Waals surface area (Å²) in [5.74, 6) is -0.0558. The van der Waals surface area contributed by atoms with Crippen LogP contribution in [-0.2, 0) is 4.79 Å². The largest absolute Gasteiger partial charge is 0.395 e. The molecule has 0 radical (unpaired) electrons. The Hall–Kier alpha value is -0.950. The monoisotopic (exact) mass is 364 g/mol. The highest BCUT2D eigenvalue weighted by atomic mass is 35.5. The molecule has 22 heavy (non-hydrogen) atoms. The van der Waals surface area contributed by atoms with Crippen molar-refractivity contribution in [3.63, 3.8) is 0 Å². The van der Waals surface area contributed by atoms with Gasteiger partial charge in [0.1, 0.15) is 6.04 Å². The molecule has 1 unspecified atom stereocenters. The van der Waals surface area contributed by atoms with Crippen LogP contribution < -0.4 is 10.6 Å². The fourth-order valence-corrected chi connectivity index (χ4v) is 2.68. The molecule has 0 heterocycles. The van der Waals surface area contributed by atoms with Gasteiger partial charge in [-0.25, -0.2) is 0 Å². The lowest BCUT2D eigenvalue weighted by atomic mass is 10.1. The minimum atomic E-state index is -0.682. The SMILES string of the molecule is CSCCC(NC(=O)c1ccc(Cl)cc1Cl)C(=O)NCCO. The zero-order valence-corrected chi connectivity index (χ0v) is 14.4. The smallest absolute Gasteiger partial charge is 0.253 e. The van der Waals surface area contributed by atoms with Crippen LogP contribution in [0.15, 0.2) is 18.2 Å². The Bertz CT molecular complexity index is 529. The number of rotatable bonds is 8. The third kappa shape index (κ3) is 6.04. The van der Waals surface area contributed by atoms with Crippen molar-refractivity contribution in [3.05, 3.63) is 33.8 Å². The molecule has 1 rings (SSSR count). The number of carbonyl (C=O) groups is 2.